The van der Waals surface area contributed by atoms with E-state index in [0.717, 1.165) is 25.3 Å². The average Bonchev–Trinajstić information content (AvgIpc) is 3.33. The molecule has 0 bridgehead atoms. The van der Waals surface area contributed by atoms with E-state index < -0.39 is 30.3 Å². The molecule has 10 heteroatoms. The molecule has 0 fully saturated rings. The number of aromatic nitrogens is 2. The summed E-state index contributed by atoms with van der Waals surface area (Å²) in [4.78, 5) is 3.45. The quantitative estimate of drug-likeness (QED) is 0.0980. The van der Waals surface area contributed by atoms with Crippen LogP contribution in [-0.4, -0.2) is 35.5 Å². The fourth-order valence-electron chi connectivity index (χ4n) is 5.63. The molecule has 228 valence electrons. The average molecular weight is 607 g/mol. The minimum absolute atomic E-state index is 0.163. The van der Waals surface area contributed by atoms with Gasteiger partial charge in [0.1, 0.15) is 10.4 Å². The first-order chi connectivity index (χ1) is 19.6. The lowest BCUT2D eigenvalue weighted by Crippen LogP contribution is -2.15. The fraction of sp³-hybridized carbons (Fsp3) is 0.581. The molecule has 0 spiro atoms. The summed E-state index contributed by atoms with van der Waals surface area (Å²) in [5, 5.41) is -0.595. The summed E-state index contributed by atoms with van der Waals surface area (Å²) < 4.78 is 68.7. The molecule has 0 saturated carbocycles. The largest absolute Gasteiger partial charge is 0.328 e. The maximum Gasteiger partial charge on any atom is 0.328 e. The smallest absolute Gasteiger partial charge is 0.310 e. The first-order valence-corrected chi connectivity index (χ1v) is 18.0. The van der Waals surface area contributed by atoms with Gasteiger partial charge >= 0.3 is 10.1 Å². The van der Waals surface area contributed by atoms with Gasteiger partial charge in [0.05, 0.1) is 5.52 Å². The number of nitrogens with zero attached hydrogens (tertiary/aromatic N) is 2. The van der Waals surface area contributed by atoms with Gasteiger partial charge in [0, 0.05) is 6.04 Å². The molecule has 1 atom stereocenters. The van der Waals surface area contributed by atoms with Crippen LogP contribution >= 0.6 is 0 Å². The summed E-state index contributed by atoms with van der Waals surface area (Å²) in [5.74, 6) is 0. The molecule has 0 aliphatic rings. The van der Waals surface area contributed by atoms with E-state index in [0.29, 0.717) is 12.8 Å². The number of fused-ring (bicyclic) bond motifs is 1. The number of aryl methyl sites for hydroxylation is 1. The molecule has 0 amide bonds. The highest BCUT2D eigenvalue weighted by Gasteiger charge is 2.28. The van der Waals surface area contributed by atoms with Crippen molar-refractivity contribution < 1.29 is 25.9 Å². The highest BCUT2D eigenvalue weighted by Crippen LogP contribution is 2.32. The summed E-state index contributed by atoms with van der Waals surface area (Å²) in [6, 6.07) is 14.6. The van der Waals surface area contributed by atoms with Crippen LogP contribution in [-0.2, 0) is 26.7 Å². The number of unbranched alkanes of at least 4 members (excludes halogenated alkanes) is 12. The van der Waals surface area contributed by atoms with Gasteiger partial charge in [-0.05, 0) is 43.4 Å². The van der Waals surface area contributed by atoms with Crippen molar-refractivity contribution in [2.75, 3.05) is 0 Å². The van der Waals surface area contributed by atoms with Gasteiger partial charge in [-0.2, -0.15) is 16.8 Å². The zero-order chi connectivity index (χ0) is 29.7. The Hall–Kier alpha value is -2.27. The second-order valence-electron chi connectivity index (χ2n) is 11.0. The van der Waals surface area contributed by atoms with Crippen LogP contribution in [0.25, 0.3) is 11.0 Å². The van der Waals surface area contributed by atoms with Crippen molar-refractivity contribution in [1.82, 2.24) is 9.55 Å². The minimum atomic E-state index is -4.71. The van der Waals surface area contributed by atoms with Crippen LogP contribution in [0.2, 0.25) is 0 Å². The number of hydrogen-bond acceptors (Lipinski definition) is 5. The molecular weight excluding hydrogens is 560 g/mol. The Morgan fingerprint density at radius 1 is 0.683 bits per heavy atom. The van der Waals surface area contributed by atoms with E-state index in [2.05, 4.69) is 35.3 Å². The van der Waals surface area contributed by atoms with Crippen molar-refractivity contribution >= 4 is 31.3 Å². The Morgan fingerprint density at radius 2 is 1.22 bits per heavy atom. The maximum atomic E-state index is 12.1. The third kappa shape index (κ3) is 10.5. The summed E-state index contributed by atoms with van der Waals surface area (Å²) in [6.45, 7) is 1.92. The SMILES string of the molecule is CCC(CCCCCCCCCCCCCCCc1ccccc1)n1c(S(=O)(=O)O)nc2c(S(=O)(=O)O)cccc21. The van der Waals surface area contributed by atoms with Gasteiger partial charge in [-0.1, -0.05) is 120 Å². The summed E-state index contributed by atoms with van der Waals surface area (Å²) >= 11 is 0. The van der Waals surface area contributed by atoms with Crippen LogP contribution in [0.4, 0.5) is 0 Å². The van der Waals surface area contributed by atoms with Crippen LogP contribution in [0.15, 0.2) is 58.6 Å². The van der Waals surface area contributed by atoms with E-state index in [1.807, 2.05) is 6.92 Å². The number of rotatable bonds is 20. The maximum absolute atomic E-state index is 12.1. The summed E-state index contributed by atoms with van der Waals surface area (Å²) in [5.41, 5.74) is 1.53. The number of para-hydroxylation sites is 1. The van der Waals surface area contributed by atoms with Crippen molar-refractivity contribution in [3.63, 3.8) is 0 Å². The molecule has 3 aromatic rings. The monoisotopic (exact) mass is 606 g/mol. The van der Waals surface area contributed by atoms with Gasteiger partial charge < -0.3 is 4.57 Å². The van der Waals surface area contributed by atoms with E-state index in [1.165, 1.54) is 86.8 Å². The highest BCUT2D eigenvalue weighted by atomic mass is 32.2. The van der Waals surface area contributed by atoms with Gasteiger partial charge in [-0.3, -0.25) is 9.11 Å². The lowest BCUT2D eigenvalue weighted by molar-refractivity contribution is 0.394. The molecule has 0 aliphatic carbocycles. The van der Waals surface area contributed by atoms with Crippen LogP contribution in [0.3, 0.4) is 0 Å². The van der Waals surface area contributed by atoms with E-state index in [-0.39, 0.29) is 17.1 Å². The molecule has 41 heavy (non-hydrogen) atoms. The fourth-order valence-corrected chi connectivity index (χ4v) is 6.97. The Balaban J connectivity index is 1.33. The Labute approximate surface area is 246 Å². The molecule has 2 aromatic carbocycles. The van der Waals surface area contributed by atoms with E-state index in [4.69, 9.17) is 0 Å². The zero-order valence-electron chi connectivity index (χ0n) is 24.2. The molecular formula is C31H46N2O6S2. The second kappa shape index (κ2) is 16.4. The van der Waals surface area contributed by atoms with Crippen LogP contribution < -0.4 is 0 Å². The van der Waals surface area contributed by atoms with Crippen LogP contribution in [0, 0.1) is 0 Å². The molecule has 0 saturated heterocycles. The van der Waals surface area contributed by atoms with Gasteiger partial charge in [-0.15, -0.1) is 0 Å². The number of benzene rings is 2. The Morgan fingerprint density at radius 3 is 1.73 bits per heavy atom. The first kappa shape index (κ1) is 33.2. The molecule has 0 radical (unpaired) electrons. The summed E-state index contributed by atoms with van der Waals surface area (Å²) in [6.07, 6.45) is 18.3. The third-order valence-electron chi connectivity index (χ3n) is 7.84. The summed E-state index contributed by atoms with van der Waals surface area (Å²) in [7, 11) is -9.32. The number of hydrogen-bond donors (Lipinski definition) is 2. The molecule has 1 heterocycles. The molecule has 3 rings (SSSR count). The van der Waals surface area contributed by atoms with Crippen LogP contribution in [0.1, 0.15) is 115 Å². The predicted octanol–water partition coefficient (Wildman–Crippen LogP) is 8.18. The van der Waals surface area contributed by atoms with Crippen molar-refractivity contribution in [2.24, 2.45) is 0 Å². The normalized spacial score (nSPS) is 13.1. The van der Waals surface area contributed by atoms with E-state index >= 15 is 0 Å². The van der Waals surface area contributed by atoms with Crippen molar-refractivity contribution in [1.29, 1.82) is 0 Å². The van der Waals surface area contributed by atoms with E-state index in [1.54, 1.807) is 6.07 Å². The van der Waals surface area contributed by atoms with E-state index in [9.17, 15) is 25.9 Å². The second-order valence-corrected chi connectivity index (χ2v) is 13.7. The molecule has 1 unspecified atom stereocenters. The Kier molecular flexibility index (Phi) is 13.3. The van der Waals surface area contributed by atoms with Crippen LogP contribution in [0.5, 0.6) is 0 Å². The first-order valence-electron chi connectivity index (χ1n) is 15.1. The third-order valence-corrected chi connectivity index (χ3v) is 9.48. The topological polar surface area (TPSA) is 127 Å². The lowest BCUT2D eigenvalue weighted by Gasteiger charge is -2.19. The van der Waals surface area contributed by atoms with Crippen molar-refractivity contribution in [3.8, 4) is 0 Å². The number of imidazole rings is 1. The minimum Gasteiger partial charge on any atom is -0.310 e. The molecule has 2 N–H and O–H groups in total. The van der Waals surface area contributed by atoms with Gasteiger partial charge in [0.15, 0.2) is 0 Å². The predicted molar refractivity (Wildman–Crippen MR) is 163 cm³/mol. The van der Waals surface area contributed by atoms with Crippen molar-refractivity contribution in [3.05, 3.63) is 54.1 Å². The Bertz CT molecular complexity index is 1420. The van der Waals surface area contributed by atoms with Gasteiger partial charge in [0.25, 0.3) is 15.3 Å². The standard InChI is InChI=1S/C31H46N2O6S2/c1-2-27(33-28-24-19-25-29(40(34,35)36)30(28)32-31(33)41(37,38)39)23-18-13-11-9-7-5-3-4-6-8-10-12-15-20-26-21-16-14-17-22-26/h14,16-17,19,21-22,24-25,27H,2-13,15,18,20,23H2,1H3,(H,34,35,36)(H,37,38,39). The molecule has 8 nitrogen and oxygen atoms in total. The molecule has 0 aliphatic heterocycles. The van der Waals surface area contributed by atoms with Gasteiger partial charge in [0.2, 0.25) is 0 Å². The van der Waals surface area contributed by atoms with Gasteiger partial charge in [-0.25, -0.2) is 4.98 Å². The lowest BCUT2D eigenvalue weighted by atomic mass is 10.0. The van der Waals surface area contributed by atoms with Crippen molar-refractivity contribution in [2.45, 2.75) is 126 Å². The molecule has 1 aromatic heterocycles. The highest BCUT2D eigenvalue weighted by molar-refractivity contribution is 7.86. The zero-order valence-corrected chi connectivity index (χ0v) is 25.9.